The van der Waals surface area contributed by atoms with Crippen molar-refractivity contribution in [2.45, 2.75) is 45.9 Å². The van der Waals surface area contributed by atoms with E-state index in [1.807, 2.05) is 20.0 Å². The van der Waals surface area contributed by atoms with Gasteiger partial charge in [-0.2, -0.15) is 0 Å². The number of aliphatic hydroxyl groups is 1. The third kappa shape index (κ3) is 5.12. The minimum Gasteiger partial charge on any atom is -0.396 e. The third-order valence-corrected chi connectivity index (χ3v) is 2.48. The van der Waals surface area contributed by atoms with Crippen LogP contribution >= 0.6 is 0 Å². The zero-order valence-corrected chi connectivity index (χ0v) is 11.2. The van der Waals surface area contributed by atoms with E-state index >= 15 is 0 Å². The Kier molecular flexibility index (Phi) is 7.55. The quantitative estimate of drug-likeness (QED) is 0.508. The highest BCUT2D eigenvalue weighted by molar-refractivity contribution is 4.94. The van der Waals surface area contributed by atoms with E-state index in [-0.39, 0.29) is 6.61 Å². The van der Waals surface area contributed by atoms with Crippen LogP contribution in [-0.4, -0.2) is 39.9 Å². The van der Waals surface area contributed by atoms with Crippen LogP contribution in [-0.2, 0) is 16.0 Å². The second-order valence-electron chi connectivity index (χ2n) is 3.93. The van der Waals surface area contributed by atoms with Crippen LogP contribution in [0.1, 0.15) is 45.1 Å². The van der Waals surface area contributed by atoms with Crippen LogP contribution in [0.15, 0.2) is 6.20 Å². The first-order chi connectivity index (χ1) is 8.81. The lowest BCUT2D eigenvalue weighted by Crippen LogP contribution is -2.09. The summed E-state index contributed by atoms with van der Waals surface area (Å²) in [4.78, 5) is 0. The fraction of sp³-hybridized carbons (Fsp3) is 0.833. The number of aromatic nitrogens is 3. The molecule has 6 nitrogen and oxygen atoms in total. The van der Waals surface area contributed by atoms with Crippen molar-refractivity contribution in [1.82, 2.24) is 15.0 Å². The van der Waals surface area contributed by atoms with Crippen molar-refractivity contribution in [3.8, 4) is 0 Å². The molecule has 0 aliphatic heterocycles. The second kappa shape index (κ2) is 9.02. The highest BCUT2D eigenvalue weighted by Gasteiger charge is 2.15. The van der Waals surface area contributed by atoms with Crippen molar-refractivity contribution in [3.63, 3.8) is 0 Å². The lowest BCUT2D eigenvalue weighted by Gasteiger charge is -2.13. The van der Waals surface area contributed by atoms with Gasteiger partial charge >= 0.3 is 0 Å². The van der Waals surface area contributed by atoms with E-state index in [4.69, 9.17) is 14.6 Å². The van der Waals surface area contributed by atoms with Gasteiger partial charge in [-0.3, -0.25) is 4.68 Å². The van der Waals surface area contributed by atoms with Crippen LogP contribution in [0.5, 0.6) is 0 Å². The minimum absolute atomic E-state index is 0.249. The summed E-state index contributed by atoms with van der Waals surface area (Å²) in [5.41, 5.74) is 0.709. The normalized spacial score (nSPS) is 11.3. The largest absolute Gasteiger partial charge is 0.396 e. The summed E-state index contributed by atoms with van der Waals surface area (Å²) in [5, 5.41) is 16.8. The molecule has 0 spiro atoms. The molecule has 0 atom stereocenters. The van der Waals surface area contributed by atoms with E-state index in [1.165, 1.54) is 0 Å². The Morgan fingerprint density at radius 3 is 2.56 bits per heavy atom. The Hall–Kier alpha value is -0.980. The van der Waals surface area contributed by atoms with Gasteiger partial charge < -0.3 is 14.6 Å². The Labute approximate surface area is 108 Å². The molecule has 1 N–H and O–H groups in total. The van der Waals surface area contributed by atoms with Crippen LogP contribution in [0.2, 0.25) is 0 Å². The van der Waals surface area contributed by atoms with Crippen molar-refractivity contribution in [2.75, 3.05) is 19.8 Å². The molecular weight excluding hydrogens is 234 g/mol. The van der Waals surface area contributed by atoms with Crippen LogP contribution in [0.4, 0.5) is 0 Å². The topological polar surface area (TPSA) is 69.4 Å². The van der Waals surface area contributed by atoms with Gasteiger partial charge in [-0.25, -0.2) is 0 Å². The number of nitrogens with zero attached hydrogens (tertiary/aromatic N) is 3. The molecule has 1 heterocycles. The van der Waals surface area contributed by atoms with Gasteiger partial charge in [0.15, 0.2) is 0 Å². The molecule has 0 saturated carbocycles. The van der Waals surface area contributed by atoms with Crippen molar-refractivity contribution in [2.24, 2.45) is 0 Å². The van der Waals surface area contributed by atoms with Crippen LogP contribution in [0.25, 0.3) is 0 Å². The summed E-state index contributed by atoms with van der Waals surface area (Å²) in [7, 11) is 0. The van der Waals surface area contributed by atoms with Gasteiger partial charge in [0.2, 0.25) is 6.29 Å². The minimum atomic E-state index is -0.425. The zero-order chi connectivity index (χ0) is 13.2. The molecule has 0 amide bonds. The Balaban J connectivity index is 2.44. The summed E-state index contributed by atoms with van der Waals surface area (Å²) in [5.74, 6) is 0. The van der Waals surface area contributed by atoms with Crippen molar-refractivity contribution in [3.05, 3.63) is 11.9 Å². The van der Waals surface area contributed by atoms with Crippen LogP contribution in [0.3, 0.4) is 0 Å². The van der Waals surface area contributed by atoms with Crippen LogP contribution in [0, 0.1) is 0 Å². The van der Waals surface area contributed by atoms with E-state index in [2.05, 4.69) is 10.3 Å². The molecular formula is C12H23N3O3. The first kappa shape index (κ1) is 15.1. The predicted octanol–water partition coefficient (Wildman–Crippen LogP) is 1.51. The van der Waals surface area contributed by atoms with Gasteiger partial charge in [-0.05, 0) is 33.1 Å². The molecule has 0 unspecified atom stereocenters. The van der Waals surface area contributed by atoms with E-state index in [1.54, 1.807) is 4.68 Å². The van der Waals surface area contributed by atoms with E-state index in [9.17, 15) is 0 Å². The number of aliphatic hydroxyl groups excluding tert-OH is 1. The molecule has 0 fully saturated rings. The maximum atomic E-state index is 8.69. The number of hydrogen-bond donors (Lipinski definition) is 1. The van der Waals surface area contributed by atoms with Crippen LogP contribution < -0.4 is 0 Å². The predicted molar refractivity (Wildman–Crippen MR) is 67.0 cm³/mol. The molecule has 1 rings (SSSR count). The SMILES string of the molecule is CCOC(OCC)c1cn(CCCCCO)nn1. The van der Waals surface area contributed by atoms with Crippen molar-refractivity contribution >= 4 is 0 Å². The average molecular weight is 257 g/mol. The molecule has 0 saturated heterocycles. The standard InChI is InChI=1S/C12H23N3O3/c1-3-17-12(18-4-2)11-10-15(14-13-11)8-6-5-7-9-16/h10,12,16H,3-9H2,1-2H3. The summed E-state index contributed by atoms with van der Waals surface area (Å²) in [6, 6.07) is 0. The molecule has 18 heavy (non-hydrogen) atoms. The number of aryl methyl sites for hydroxylation is 1. The van der Waals surface area contributed by atoms with Crippen molar-refractivity contribution < 1.29 is 14.6 Å². The molecule has 1 aromatic heterocycles. The number of unbranched alkanes of at least 4 members (excludes halogenated alkanes) is 2. The smallest absolute Gasteiger partial charge is 0.204 e. The maximum absolute atomic E-state index is 8.69. The van der Waals surface area contributed by atoms with Gasteiger partial charge in [0.1, 0.15) is 5.69 Å². The van der Waals surface area contributed by atoms with Gasteiger partial charge in [-0.1, -0.05) is 5.21 Å². The van der Waals surface area contributed by atoms with Gasteiger partial charge in [0.25, 0.3) is 0 Å². The summed E-state index contributed by atoms with van der Waals surface area (Å²) >= 11 is 0. The fourth-order valence-electron chi connectivity index (χ4n) is 1.61. The number of rotatable bonds is 10. The maximum Gasteiger partial charge on any atom is 0.204 e. The molecule has 0 aliphatic carbocycles. The number of hydrogen-bond acceptors (Lipinski definition) is 5. The lowest BCUT2D eigenvalue weighted by atomic mass is 10.2. The first-order valence-corrected chi connectivity index (χ1v) is 6.55. The van der Waals surface area contributed by atoms with Gasteiger partial charge in [0, 0.05) is 26.4 Å². The number of ether oxygens (including phenoxy) is 2. The Bertz CT molecular complexity index is 311. The molecule has 0 aromatic carbocycles. The average Bonchev–Trinajstić information content (AvgIpc) is 2.83. The van der Waals surface area contributed by atoms with Crippen molar-refractivity contribution in [1.29, 1.82) is 0 Å². The molecule has 104 valence electrons. The van der Waals surface area contributed by atoms with E-state index < -0.39 is 6.29 Å². The fourth-order valence-corrected chi connectivity index (χ4v) is 1.61. The highest BCUT2D eigenvalue weighted by atomic mass is 16.7. The monoisotopic (exact) mass is 257 g/mol. The van der Waals surface area contributed by atoms with E-state index in [0.717, 1.165) is 25.8 Å². The second-order valence-corrected chi connectivity index (χ2v) is 3.93. The lowest BCUT2D eigenvalue weighted by molar-refractivity contribution is -0.142. The first-order valence-electron chi connectivity index (χ1n) is 6.55. The third-order valence-electron chi connectivity index (χ3n) is 2.48. The molecule has 0 aliphatic rings. The molecule has 0 radical (unpaired) electrons. The zero-order valence-electron chi connectivity index (χ0n) is 11.2. The highest BCUT2D eigenvalue weighted by Crippen LogP contribution is 2.15. The Morgan fingerprint density at radius 2 is 1.94 bits per heavy atom. The summed E-state index contributed by atoms with van der Waals surface area (Å²) < 4.78 is 12.7. The summed E-state index contributed by atoms with van der Waals surface area (Å²) in [6.45, 7) is 6.05. The molecule has 1 aromatic rings. The van der Waals surface area contributed by atoms with Gasteiger partial charge in [-0.15, -0.1) is 5.10 Å². The Morgan fingerprint density at radius 1 is 1.22 bits per heavy atom. The van der Waals surface area contributed by atoms with E-state index in [0.29, 0.717) is 18.9 Å². The molecule has 6 heteroatoms. The van der Waals surface area contributed by atoms with Gasteiger partial charge in [0.05, 0.1) is 6.20 Å². The molecule has 0 bridgehead atoms. The summed E-state index contributed by atoms with van der Waals surface area (Å²) in [6.07, 6.45) is 4.24.